The monoisotopic (exact) mass is 371 g/mol. The maximum atomic E-state index is 13.7. The molecule has 0 saturated carbocycles. The van der Waals surface area contributed by atoms with Crippen molar-refractivity contribution in [2.24, 2.45) is 0 Å². The molecule has 0 radical (unpaired) electrons. The molecular weight excluding hydrogens is 344 g/mol. The predicted octanol–water partition coefficient (Wildman–Crippen LogP) is 2.54. The Morgan fingerprint density at radius 1 is 1.04 bits per heavy atom. The van der Waals surface area contributed by atoms with Crippen LogP contribution in [0.15, 0.2) is 42.5 Å². The molecule has 1 atom stereocenters. The normalized spacial score (nSPS) is 20.4. The van der Waals surface area contributed by atoms with Crippen LogP contribution in [0, 0.1) is 11.6 Å². The van der Waals surface area contributed by atoms with E-state index in [1.165, 1.54) is 23.3 Å². The number of benzene rings is 2. The van der Waals surface area contributed by atoms with Crippen molar-refractivity contribution in [2.75, 3.05) is 33.2 Å². The highest BCUT2D eigenvalue weighted by molar-refractivity contribution is 5.38. The van der Waals surface area contributed by atoms with E-state index in [4.69, 9.17) is 0 Å². The lowest BCUT2D eigenvalue weighted by Gasteiger charge is -2.48. The SMILES string of the molecule is CNC(Cc1cc(F)cc(F)c1)C1(N2CCNCC2)Cc2ccccc2C1. The van der Waals surface area contributed by atoms with E-state index in [0.29, 0.717) is 12.0 Å². The molecule has 1 saturated heterocycles. The summed E-state index contributed by atoms with van der Waals surface area (Å²) in [7, 11) is 1.97. The number of nitrogens with one attached hydrogen (secondary N) is 2. The number of hydrogen-bond donors (Lipinski definition) is 2. The zero-order chi connectivity index (χ0) is 18.9. The van der Waals surface area contributed by atoms with E-state index < -0.39 is 11.6 Å². The molecule has 1 aliphatic heterocycles. The Morgan fingerprint density at radius 3 is 2.19 bits per heavy atom. The molecular formula is C22H27F2N3. The lowest BCUT2D eigenvalue weighted by Crippen LogP contribution is -2.65. The van der Waals surface area contributed by atoms with Crippen LogP contribution in [-0.4, -0.2) is 49.7 Å². The Bertz CT molecular complexity index is 757. The average Bonchev–Trinajstić information content (AvgIpc) is 3.06. The lowest BCUT2D eigenvalue weighted by molar-refractivity contribution is 0.0476. The number of halogens is 2. The molecule has 1 unspecified atom stereocenters. The smallest absolute Gasteiger partial charge is 0.126 e. The van der Waals surface area contributed by atoms with E-state index in [9.17, 15) is 8.78 Å². The quantitative estimate of drug-likeness (QED) is 0.846. The van der Waals surface area contributed by atoms with E-state index >= 15 is 0 Å². The molecule has 1 fully saturated rings. The molecule has 0 bridgehead atoms. The summed E-state index contributed by atoms with van der Waals surface area (Å²) in [6.45, 7) is 3.93. The number of fused-ring (bicyclic) bond motifs is 1. The fourth-order valence-electron chi connectivity index (χ4n) is 4.95. The predicted molar refractivity (Wildman–Crippen MR) is 104 cm³/mol. The highest BCUT2D eigenvalue weighted by atomic mass is 19.1. The fraction of sp³-hybridized carbons (Fsp3) is 0.455. The standard InChI is InChI=1S/C22H27F2N3/c1-25-21(12-16-10-19(23)13-20(24)11-16)22(27-8-6-26-7-9-27)14-17-4-2-3-5-18(17)15-22/h2-5,10-11,13,21,25-26H,6-9,12,14-15H2,1H3. The van der Waals surface area contributed by atoms with Crippen LogP contribution in [0.25, 0.3) is 0 Å². The number of piperazine rings is 1. The molecule has 0 amide bonds. The Balaban J connectivity index is 1.68. The van der Waals surface area contributed by atoms with Crippen LogP contribution in [0.1, 0.15) is 16.7 Å². The van der Waals surface area contributed by atoms with Crippen LogP contribution in [0.5, 0.6) is 0 Å². The third-order valence-corrected chi connectivity index (χ3v) is 6.22. The van der Waals surface area contributed by atoms with E-state index in [1.54, 1.807) is 0 Å². The van der Waals surface area contributed by atoms with Gasteiger partial charge in [-0.3, -0.25) is 4.90 Å². The second-order valence-corrected chi connectivity index (χ2v) is 7.79. The van der Waals surface area contributed by atoms with Crippen LogP contribution in [0.4, 0.5) is 8.78 Å². The Morgan fingerprint density at radius 2 is 1.63 bits per heavy atom. The zero-order valence-electron chi connectivity index (χ0n) is 15.8. The van der Waals surface area contributed by atoms with E-state index in [-0.39, 0.29) is 11.6 Å². The molecule has 0 spiro atoms. The largest absolute Gasteiger partial charge is 0.315 e. The summed E-state index contributed by atoms with van der Waals surface area (Å²) in [5.41, 5.74) is 3.41. The van der Waals surface area contributed by atoms with Crippen molar-refractivity contribution >= 4 is 0 Å². The lowest BCUT2D eigenvalue weighted by atomic mass is 9.81. The van der Waals surface area contributed by atoms with Crippen molar-refractivity contribution in [1.29, 1.82) is 0 Å². The van der Waals surface area contributed by atoms with Crippen LogP contribution < -0.4 is 10.6 Å². The molecule has 0 aromatic heterocycles. The van der Waals surface area contributed by atoms with Crippen LogP contribution >= 0.6 is 0 Å². The number of hydrogen-bond acceptors (Lipinski definition) is 3. The minimum absolute atomic E-state index is 0.0800. The first-order valence-corrected chi connectivity index (χ1v) is 9.75. The van der Waals surface area contributed by atoms with Gasteiger partial charge >= 0.3 is 0 Å². The molecule has 2 aromatic rings. The Hall–Kier alpha value is -1.82. The topological polar surface area (TPSA) is 27.3 Å². The Kier molecular flexibility index (Phi) is 5.26. The van der Waals surface area contributed by atoms with Gasteiger partial charge in [0.05, 0.1) is 0 Å². The van der Waals surface area contributed by atoms with Gasteiger partial charge in [0.15, 0.2) is 0 Å². The van der Waals surface area contributed by atoms with Gasteiger partial charge in [0, 0.05) is 43.8 Å². The molecule has 2 N–H and O–H groups in total. The molecule has 3 nitrogen and oxygen atoms in total. The van der Waals surface area contributed by atoms with Gasteiger partial charge in [-0.2, -0.15) is 0 Å². The summed E-state index contributed by atoms with van der Waals surface area (Å²) in [4.78, 5) is 2.58. The number of rotatable bonds is 5. The third kappa shape index (κ3) is 3.64. The van der Waals surface area contributed by atoms with Gasteiger partial charge in [0.1, 0.15) is 11.6 Å². The van der Waals surface area contributed by atoms with Crippen molar-refractivity contribution in [1.82, 2.24) is 15.5 Å². The van der Waals surface area contributed by atoms with Gasteiger partial charge in [-0.1, -0.05) is 24.3 Å². The summed E-state index contributed by atoms with van der Waals surface area (Å²) in [5, 5.41) is 6.93. The number of likely N-dealkylation sites (N-methyl/N-ethyl adjacent to an activating group) is 1. The molecule has 2 aromatic carbocycles. The van der Waals surface area contributed by atoms with Crippen molar-refractivity contribution in [3.8, 4) is 0 Å². The van der Waals surface area contributed by atoms with Crippen LogP contribution in [0.2, 0.25) is 0 Å². The van der Waals surface area contributed by atoms with Gasteiger partial charge in [0.2, 0.25) is 0 Å². The first-order valence-electron chi connectivity index (χ1n) is 9.75. The molecule has 1 aliphatic carbocycles. The first-order chi connectivity index (χ1) is 13.1. The minimum atomic E-state index is -0.509. The Labute approximate surface area is 159 Å². The summed E-state index contributed by atoms with van der Waals surface area (Å²) in [5.74, 6) is -1.02. The highest BCUT2D eigenvalue weighted by Gasteiger charge is 2.47. The van der Waals surface area contributed by atoms with Crippen LogP contribution in [0.3, 0.4) is 0 Å². The first kappa shape index (κ1) is 18.5. The van der Waals surface area contributed by atoms with Gasteiger partial charge in [-0.25, -0.2) is 8.78 Å². The van der Waals surface area contributed by atoms with Gasteiger partial charge in [-0.05, 0) is 55.1 Å². The van der Waals surface area contributed by atoms with E-state index in [1.807, 2.05) is 7.05 Å². The molecule has 4 rings (SSSR count). The molecule has 2 aliphatic rings. The highest BCUT2D eigenvalue weighted by Crippen LogP contribution is 2.38. The maximum absolute atomic E-state index is 13.7. The van der Waals surface area contributed by atoms with E-state index in [2.05, 4.69) is 39.8 Å². The fourth-order valence-corrected chi connectivity index (χ4v) is 4.95. The summed E-state index contributed by atoms with van der Waals surface area (Å²) in [6, 6.07) is 12.6. The van der Waals surface area contributed by atoms with Crippen molar-refractivity contribution < 1.29 is 8.78 Å². The molecule has 5 heteroatoms. The average molecular weight is 371 g/mol. The maximum Gasteiger partial charge on any atom is 0.126 e. The molecule has 144 valence electrons. The zero-order valence-corrected chi connectivity index (χ0v) is 15.8. The summed E-state index contributed by atoms with van der Waals surface area (Å²) < 4.78 is 27.5. The van der Waals surface area contributed by atoms with Gasteiger partial charge in [-0.15, -0.1) is 0 Å². The van der Waals surface area contributed by atoms with Crippen molar-refractivity contribution in [3.05, 3.63) is 70.8 Å². The third-order valence-electron chi connectivity index (χ3n) is 6.22. The molecule has 27 heavy (non-hydrogen) atoms. The summed E-state index contributed by atoms with van der Waals surface area (Å²) >= 11 is 0. The molecule has 1 heterocycles. The second-order valence-electron chi connectivity index (χ2n) is 7.79. The van der Waals surface area contributed by atoms with Crippen molar-refractivity contribution in [2.45, 2.75) is 30.8 Å². The number of nitrogens with zero attached hydrogens (tertiary/aromatic N) is 1. The van der Waals surface area contributed by atoms with Gasteiger partial charge in [0.25, 0.3) is 0 Å². The van der Waals surface area contributed by atoms with Gasteiger partial charge < -0.3 is 10.6 Å². The minimum Gasteiger partial charge on any atom is -0.315 e. The van der Waals surface area contributed by atoms with Crippen LogP contribution in [-0.2, 0) is 19.3 Å². The summed E-state index contributed by atoms with van der Waals surface area (Å²) in [6.07, 6.45) is 2.53. The second kappa shape index (κ2) is 7.66. The van der Waals surface area contributed by atoms with Crippen molar-refractivity contribution in [3.63, 3.8) is 0 Å². The van der Waals surface area contributed by atoms with E-state index in [0.717, 1.165) is 45.1 Å².